The Morgan fingerprint density at radius 1 is 1.50 bits per heavy atom. The molecule has 0 bridgehead atoms. The van der Waals surface area contributed by atoms with Crippen LogP contribution < -0.4 is 4.74 Å². The van der Waals surface area contributed by atoms with Crippen LogP contribution in [-0.2, 0) is 14.3 Å². The number of methoxy groups -OCH3 is 1. The largest absolute Gasteiger partial charge is 0.488 e. The summed E-state index contributed by atoms with van der Waals surface area (Å²) in [5.41, 5.74) is 0. The van der Waals surface area contributed by atoms with Gasteiger partial charge < -0.3 is 14.2 Å². The minimum absolute atomic E-state index is 0.187. The van der Waals surface area contributed by atoms with Gasteiger partial charge in [0, 0.05) is 13.1 Å². The monoisotopic (exact) mass is 283 g/mol. The Labute approximate surface area is 117 Å². The summed E-state index contributed by atoms with van der Waals surface area (Å²) in [6.07, 6.45) is -0.187. The van der Waals surface area contributed by atoms with Crippen molar-refractivity contribution in [1.82, 2.24) is 4.90 Å². The number of halogens is 1. The topological polar surface area (TPSA) is 48.0 Å². The Kier molecular flexibility index (Phi) is 5.31. The van der Waals surface area contributed by atoms with Gasteiger partial charge in [-0.05, 0) is 12.1 Å². The SMILES string of the molecule is COC(=O)CN1CCO[C@H](COc2ccccc2F)C1. The van der Waals surface area contributed by atoms with Gasteiger partial charge in [0.2, 0.25) is 0 Å². The molecule has 20 heavy (non-hydrogen) atoms. The van der Waals surface area contributed by atoms with Crippen LogP contribution >= 0.6 is 0 Å². The minimum Gasteiger partial charge on any atom is -0.488 e. The molecule has 5 nitrogen and oxygen atoms in total. The number of rotatable bonds is 5. The molecule has 1 heterocycles. The van der Waals surface area contributed by atoms with Gasteiger partial charge in [-0.15, -0.1) is 0 Å². The molecule has 1 aromatic carbocycles. The average Bonchev–Trinajstić information content (AvgIpc) is 2.47. The van der Waals surface area contributed by atoms with Crippen LogP contribution in [-0.4, -0.2) is 56.9 Å². The lowest BCUT2D eigenvalue weighted by Crippen LogP contribution is -2.46. The van der Waals surface area contributed by atoms with E-state index in [0.29, 0.717) is 19.7 Å². The fourth-order valence-corrected chi connectivity index (χ4v) is 2.02. The third kappa shape index (κ3) is 4.18. The molecular formula is C14H18FNO4. The number of benzene rings is 1. The number of nitrogens with zero attached hydrogens (tertiary/aromatic N) is 1. The maximum atomic E-state index is 13.4. The van der Waals surface area contributed by atoms with Crippen molar-refractivity contribution < 1.29 is 23.4 Å². The molecule has 2 rings (SSSR count). The van der Waals surface area contributed by atoms with Crippen LogP contribution in [0.25, 0.3) is 0 Å². The quantitative estimate of drug-likeness (QED) is 0.757. The molecule has 0 aromatic heterocycles. The van der Waals surface area contributed by atoms with Crippen LogP contribution in [0.3, 0.4) is 0 Å². The van der Waals surface area contributed by atoms with E-state index >= 15 is 0 Å². The fraction of sp³-hybridized carbons (Fsp3) is 0.500. The number of para-hydroxylation sites is 1. The lowest BCUT2D eigenvalue weighted by Gasteiger charge is -2.31. The molecule has 0 spiro atoms. The molecule has 1 fully saturated rings. The number of carbonyl (C=O) groups excluding carboxylic acids is 1. The van der Waals surface area contributed by atoms with Gasteiger partial charge in [0.05, 0.1) is 20.3 Å². The molecule has 1 aromatic rings. The smallest absolute Gasteiger partial charge is 0.319 e. The summed E-state index contributed by atoms with van der Waals surface area (Å²) >= 11 is 0. The highest BCUT2D eigenvalue weighted by Crippen LogP contribution is 2.16. The van der Waals surface area contributed by atoms with Crippen molar-refractivity contribution >= 4 is 5.97 Å². The minimum atomic E-state index is -0.394. The van der Waals surface area contributed by atoms with E-state index in [2.05, 4.69) is 4.74 Å². The van der Waals surface area contributed by atoms with Crippen molar-refractivity contribution in [3.63, 3.8) is 0 Å². The lowest BCUT2D eigenvalue weighted by molar-refractivity contribution is -0.144. The van der Waals surface area contributed by atoms with Gasteiger partial charge in [0.25, 0.3) is 0 Å². The van der Waals surface area contributed by atoms with Crippen molar-refractivity contribution in [1.29, 1.82) is 0 Å². The molecule has 1 saturated heterocycles. The van der Waals surface area contributed by atoms with Crippen LogP contribution in [0, 0.1) is 5.82 Å². The molecule has 6 heteroatoms. The molecule has 0 unspecified atom stereocenters. The first kappa shape index (κ1) is 14.7. The number of esters is 1. The Morgan fingerprint density at radius 2 is 2.30 bits per heavy atom. The summed E-state index contributed by atoms with van der Waals surface area (Å²) in [6, 6.07) is 6.24. The lowest BCUT2D eigenvalue weighted by atomic mass is 10.3. The average molecular weight is 283 g/mol. The second kappa shape index (κ2) is 7.21. The van der Waals surface area contributed by atoms with Crippen LogP contribution in [0.1, 0.15) is 0 Å². The third-order valence-electron chi connectivity index (χ3n) is 3.06. The summed E-state index contributed by atoms with van der Waals surface area (Å²) in [4.78, 5) is 13.2. The van der Waals surface area contributed by atoms with Gasteiger partial charge in [0.1, 0.15) is 12.7 Å². The van der Waals surface area contributed by atoms with Crippen molar-refractivity contribution in [3.8, 4) is 5.75 Å². The summed E-state index contributed by atoms with van der Waals surface area (Å²) < 4.78 is 29.0. The normalized spacial score (nSPS) is 19.6. The zero-order chi connectivity index (χ0) is 14.4. The molecular weight excluding hydrogens is 265 g/mol. The molecule has 0 N–H and O–H groups in total. The molecule has 110 valence electrons. The highest BCUT2D eigenvalue weighted by atomic mass is 19.1. The van der Waals surface area contributed by atoms with Crippen molar-refractivity contribution in [2.45, 2.75) is 6.10 Å². The zero-order valence-corrected chi connectivity index (χ0v) is 11.4. The first-order valence-electron chi connectivity index (χ1n) is 6.47. The van der Waals surface area contributed by atoms with E-state index in [1.165, 1.54) is 13.2 Å². The number of ether oxygens (including phenoxy) is 3. The van der Waals surface area contributed by atoms with E-state index in [-0.39, 0.29) is 31.0 Å². The molecule has 1 aliphatic rings. The van der Waals surface area contributed by atoms with Gasteiger partial charge in [-0.25, -0.2) is 4.39 Å². The van der Waals surface area contributed by atoms with Gasteiger partial charge in [-0.2, -0.15) is 0 Å². The summed E-state index contributed by atoms with van der Waals surface area (Å²) in [6.45, 7) is 2.23. The van der Waals surface area contributed by atoms with Gasteiger partial charge in [-0.1, -0.05) is 12.1 Å². The first-order valence-corrected chi connectivity index (χ1v) is 6.47. The number of hydrogen-bond donors (Lipinski definition) is 0. The maximum Gasteiger partial charge on any atom is 0.319 e. The Hall–Kier alpha value is -1.66. The molecule has 0 saturated carbocycles. The summed E-state index contributed by atoms with van der Waals surface area (Å²) in [5, 5.41) is 0. The van der Waals surface area contributed by atoms with Crippen molar-refractivity contribution in [2.75, 3.05) is 40.0 Å². The highest BCUT2D eigenvalue weighted by molar-refractivity contribution is 5.71. The van der Waals surface area contributed by atoms with Crippen LogP contribution in [0.15, 0.2) is 24.3 Å². The predicted molar refractivity (Wildman–Crippen MR) is 70.1 cm³/mol. The zero-order valence-electron chi connectivity index (χ0n) is 11.4. The van der Waals surface area contributed by atoms with E-state index in [1.807, 2.05) is 4.90 Å². The van der Waals surface area contributed by atoms with Gasteiger partial charge in [0.15, 0.2) is 11.6 Å². The maximum absolute atomic E-state index is 13.4. The predicted octanol–water partition coefficient (Wildman–Crippen LogP) is 1.08. The second-order valence-electron chi connectivity index (χ2n) is 4.55. The van der Waals surface area contributed by atoms with Crippen molar-refractivity contribution in [3.05, 3.63) is 30.1 Å². The van der Waals surface area contributed by atoms with Crippen LogP contribution in [0.2, 0.25) is 0 Å². The van der Waals surface area contributed by atoms with E-state index in [1.54, 1.807) is 18.2 Å². The molecule has 0 radical (unpaired) electrons. The Morgan fingerprint density at radius 3 is 3.05 bits per heavy atom. The summed E-state index contributed by atoms with van der Waals surface area (Å²) in [7, 11) is 1.36. The third-order valence-corrected chi connectivity index (χ3v) is 3.06. The standard InChI is InChI=1S/C14H18FNO4/c1-18-14(17)9-16-6-7-19-11(8-16)10-20-13-5-3-2-4-12(13)15/h2-5,11H,6-10H2,1H3/t11-/m0/s1. The second-order valence-corrected chi connectivity index (χ2v) is 4.55. The fourth-order valence-electron chi connectivity index (χ4n) is 2.02. The van der Waals surface area contributed by atoms with E-state index in [9.17, 15) is 9.18 Å². The number of carbonyl (C=O) groups is 1. The number of morpholine rings is 1. The van der Waals surface area contributed by atoms with Gasteiger partial charge in [-0.3, -0.25) is 9.69 Å². The Balaban J connectivity index is 1.81. The van der Waals surface area contributed by atoms with Crippen LogP contribution in [0.4, 0.5) is 4.39 Å². The van der Waals surface area contributed by atoms with Gasteiger partial charge >= 0.3 is 5.97 Å². The van der Waals surface area contributed by atoms with Crippen molar-refractivity contribution in [2.24, 2.45) is 0 Å². The first-order chi connectivity index (χ1) is 9.69. The molecule has 0 amide bonds. The molecule has 1 atom stereocenters. The number of hydrogen-bond acceptors (Lipinski definition) is 5. The molecule has 1 aliphatic heterocycles. The highest BCUT2D eigenvalue weighted by Gasteiger charge is 2.23. The molecule has 0 aliphatic carbocycles. The van der Waals surface area contributed by atoms with E-state index in [4.69, 9.17) is 9.47 Å². The van der Waals surface area contributed by atoms with E-state index in [0.717, 1.165) is 0 Å². The van der Waals surface area contributed by atoms with E-state index < -0.39 is 5.82 Å². The Bertz CT molecular complexity index is 455. The van der Waals surface area contributed by atoms with Crippen LogP contribution in [0.5, 0.6) is 5.75 Å². The summed E-state index contributed by atoms with van der Waals surface area (Å²) in [5.74, 6) is -0.461.